The number of carboxylic acid groups (broad SMARTS) is 1. The summed E-state index contributed by atoms with van der Waals surface area (Å²) in [6.45, 7) is 3.38. The van der Waals surface area contributed by atoms with Crippen LogP contribution in [0, 0.1) is 11.7 Å². The molecule has 0 saturated carbocycles. The first kappa shape index (κ1) is 26.9. The second kappa shape index (κ2) is 12.5. The SMILES string of the molecule is C/C=C/c1cc(N2CC[C@@H](C(=O)O)C2)cc(F)c1-c1ccc(OCc2ccccc2)nc1OCc1ccccc1. The normalized spacial score (nSPS) is 14.9. The second-order valence-corrected chi connectivity index (χ2v) is 9.71. The van der Waals surface area contributed by atoms with E-state index in [0.29, 0.717) is 54.4 Å². The number of aromatic nitrogens is 1. The Bertz CT molecular complexity index is 1490. The Morgan fingerprint density at radius 1 is 1.00 bits per heavy atom. The molecule has 0 spiro atoms. The first-order valence-corrected chi connectivity index (χ1v) is 13.3. The molecule has 40 heavy (non-hydrogen) atoms. The number of halogens is 1. The summed E-state index contributed by atoms with van der Waals surface area (Å²) >= 11 is 0. The molecule has 7 heteroatoms. The maximum atomic E-state index is 16.0. The van der Waals surface area contributed by atoms with E-state index in [-0.39, 0.29) is 12.5 Å². The fourth-order valence-corrected chi connectivity index (χ4v) is 4.85. The number of carboxylic acids is 1. The van der Waals surface area contributed by atoms with Crippen molar-refractivity contribution in [3.63, 3.8) is 0 Å². The highest BCUT2D eigenvalue weighted by molar-refractivity contribution is 5.82. The number of benzene rings is 3. The van der Waals surface area contributed by atoms with Crippen molar-refractivity contribution in [3.8, 4) is 22.9 Å². The number of ether oxygens (including phenoxy) is 2. The van der Waals surface area contributed by atoms with E-state index >= 15 is 4.39 Å². The summed E-state index contributed by atoms with van der Waals surface area (Å²) in [5.74, 6) is -1.09. The summed E-state index contributed by atoms with van der Waals surface area (Å²) in [6.07, 6.45) is 4.22. The van der Waals surface area contributed by atoms with Gasteiger partial charge in [-0.15, -0.1) is 0 Å². The number of hydrogen-bond acceptors (Lipinski definition) is 5. The molecular formula is C33H31FN2O4. The molecule has 0 bridgehead atoms. The van der Waals surface area contributed by atoms with E-state index in [1.54, 1.807) is 12.1 Å². The van der Waals surface area contributed by atoms with Gasteiger partial charge in [-0.1, -0.05) is 72.8 Å². The molecule has 1 fully saturated rings. The molecule has 0 aliphatic carbocycles. The van der Waals surface area contributed by atoms with Crippen LogP contribution >= 0.6 is 0 Å². The molecule has 0 unspecified atom stereocenters. The molecule has 1 aliphatic rings. The van der Waals surface area contributed by atoms with Gasteiger partial charge in [-0.05, 0) is 48.2 Å². The maximum Gasteiger partial charge on any atom is 0.308 e. The van der Waals surface area contributed by atoms with Gasteiger partial charge in [-0.2, -0.15) is 4.98 Å². The van der Waals surface area contributed by atoms with Crippen LogP contribution in [0.1, 0.15) is 30.0 Å². The molecule has 1 atom stereocenters. The third-order valence-electron chi connectivity index (χ3n) is 6.91. The van der Waals surface area contributed by atoms with Gasteiger partial charge >= 0.3 is 5.97 Å². The van der Waals surface area contributed by atoms with Crippen LogP contribution in [-0.2, 0) is 18.0 Å². The minimum Gasteiger partial charge on any atom is -0.481 e. The number of rotatable bonds is 10. The molecule has 6 nitrogen and oxygen atoms in total. The van der Waals surface area contributed by atoms with Gasteiger partial charge in [-0.3, -0.25) is 4.79 Å². The largest absolute Gasteiger partial charge is 0.481 e. The van der Waals surface area contributed by atoms with Crippen molar-refractivity contribution in [1.82, 2.24) is 4.98 Å². The van der Waals surface area contributed by atoms with Gasteiger partial charge in [0.1, 0.15) is 19.0 Å². The average Bonchev–Trinajstić information content (AvgIpc) is 3.48. The highest BCUT2D eigenvalue weighted by atomic mass is 19.1. The van der Waals surface area contributed by atoms with Crippen LogP contribution in [-0.4, -0.2) is 29.1 Å². The molecule has 1 aromatic heterocycles. The summed E-state index contributed by atoms with van der Waals surface area (Å²) in [7, 11) is 0. The lowest BCUT2D eigenvalue weighted by molar-refractivity contribution is -0.140. The predicted molar refractivity (Wildman–Crippen MR) is 154 cm³/mol. The number of hydrogen-bond donors (Lipinski definition) is 1. The number of allylic oxidation sites excluding steroid dienone is 1. The number of carbonyl (C=O) groups is 1. The van der Waals surface area contributed by atoms with Crippen molar-refractivity contribution in [1.29, 1.82) is 0 Å². The lowest BCUT2D eigenvalue weighted by Gasteiger charge is -2.21. The van der Waals surface area contributed by atoms with Crippen molar-refractivity contribution in [2.45, 2.75) is 26.6 Å². The fourth-order valence-electron chi connectivity index (χ4n) is 4.85. The Morgan fingerprint density at radius 3 is 2.30 bits per heavy atom. The minimum absolute atomic E-state index is 0.256. The van der Waals surface area contributed by atoms with Gasteiger partial charge in [0.25, 0.3) is 0 Å². The van der Waals surface area contributed by atoms with Gasteiger partial charge in [0.05, 0.1) is 5.92 Å². The van der Waals surface area contributed by atoms with Gasteiger partial charge < -0.3 is 19.5 Å². The van der Waals surface area contributed by atoms with E-state index in [0.717, 1.165) is 11.1 Å². The van der Waals surface area contributed by atoms with Crippen LogP contribution in [0.5, 0.6) is 11.8 Å². The van der Waals surface area contributed by atoms with E-state index in [1.807, 2.05) is 90.7 Å². The van der Waals surface area contributed by atoms with E-state index in [4.69, 9.17) is 9.47 Å². The molecule has 2 heterocycles. The summed E-state index contributed by atoms with van der Waals surface area (Å²) in [6, 6.07) is 26.3. The predicted octanol–water partition coefficient (Wildman–Crippen LogP) is 6.99. The molecule has 4 aromatic rings. The maximum absolute atomic E-state index is 16.0. The molecule has 0 radical (unpaired) electrons. The zero-order valence-electron chi connectivity index (χ0n) is 22.3. The Kier molecular flexibility index (Phi) is 8.40. The molecule has 1 saturated heterocycles. The van der Waals surface area contributed by atoms with Crippen LogP contribution in [0.15, 0.2) is 91.0 Å². The summed E-state index contributed by atoms with van der Waals surface area (Å²) in [4.78, 5) is 18.0. The zero-order chi connectivity index (χ0) is 27.9. The first-order valence-electron chi connectivity index (χ1n) is 13.3. The lowest BCUT2D eigenvalue weighted by atomic mass is 9.98. The van der Waals surface area contributed by atoms with Crippen molar-refractivity contribution in [2.75, 3.05) is 18.0 Å². The summed E-state index contributed by atoms with van der Waals surface area (Å²) in [5.41, 5.74) is 4.13. The highest BCUT2D eigenvalue weighted by Gasteiger charge is 2.29. The summed E-state index contributed by atoms with van der Waals surface area (Å²) in [5, 5.41) is 9.41. The summed E-state index contributed by atoms with van der Waals surface area (Å²) < 4.78 is 28.1. The molecular weight excluding hydrogens is 507 g/mol. The molecule has 1 N–H and O–H groups in total. The van der Waals surface area contributed by atoms with E-state index in [2.05, 4.69) is 4.98 Å². The minimum atomic E-state index is -0.825. The number of aliphatic carboxylic acids is 1. The first-order chi connectivity index (χ1) is 19.5. The topological polar surface area (TPSA) is 71.9 Å². The van der Waals surface area contributed by atoms with E-state index < -0.39 is 17.7 Å². The number of pyridine rings is 1. The van der Waals surface area contributed by atoms with Gasteiger partial charge in [0.15, 0.2) is 0 Å². The van der Waals surface area contributed by atoms with E-state index in [1.165, 1.54) is 6.07 Å². The molecule has 0 amide bonds. The van der Waals surface area contributed by atoms with E-state index in [9.17, 15) is 9.90 Å². The van der Waals surface area contributed by atoms with Crippen molar-refractivity contribution in [3.05, 3.63) is 114 Å². The molecule has 3 aromatic carbocycles. The number of anilines is 1. The van der Waals surface area contributed by atoms with Crippen LogP contribution in [0.4, 0.5) is 10.1 Å². The smallest absolute Gasteiger partial charge is 0.308 e. The Hall–Kier alpha value is -4.65. The van der Waals surface area contributed by atoms with Crippen molar-refractivity contribution >= 4 is 17.7 Å². The standard InChI is InChI=1S/C33H31FN2O4/c1-2-9-25-18-27(36-17-16-26(20-36)33(37)38)19-29(34)31(25)28-14-15-30(39-21-23-10-5-3-6-11-23)35-32(28)40-22-24-12-7-4-8-13-24/h2-15,18-19,26H,16-17,20-22H2,1H3,(H,37,38)/b9-2+/t26-/m1/s1. The van der Waals surface area contributed by atoms with Crippen LogP contribution in [0.25, 0.3) is 17.2 Å². The lowest BCUT2D eigenvalue weighted by Crippen LogP contribution is -2.22. The van der Waals surface area contributed by atoms with Crippen molar-refractivity contribution in [2.24, 2.45) is 5.92 Å². The van der Waals surface area contributed by atoms with Crippen LogP contribution < -0.4 is 14.4 Å². The van der Waals surface area contributed by atoms with Crippen LogP contribution in [0.2, 0.25) is 0 Å². The highest BCUT2D eigenvalue weighted by Crippen LogP contribution is 2.39. The van der Waals surface area contributed by atoms with Gasteiger partial charge in [0.2, 0.25) is 11.8 Å². The quantitative estimate of drug-likeness (QED) is 0.235. The monoisotopic (exact) mass is 538 g/mol. The Labute approximate surface area is 233 Å². The van der Waals surface area contributed by atoms with Gasteiger partial charge in [-0.25, -0.2) is 4.39 Å². The molecule has 5 rings (SSSR count). The van der Waals surface area contributed by atoms with Gasteiger partial charge in [0, 0.05) is 36.0 Å². The number of nitrogens with zero attached hydrogens (tertiary/aromatic N) is 2. The second-order valence-electron chi connectivity index (χ2n) is 9.71. The molecule has 204 valence electrons. The van der Waals surface area contributed by atoms with Crippen LogP contribution in [0.3, 0.4) is 0 Å². The Morgan fingerprint density at radius 2 is 1.68 bits per heavy atom. The third kappa shape index (κ3) is 6.31. The zero-order valence-corrected chi connectivity index (χ0v) is 22.3. The van der Waals surface area contributed by atoms with Crippen molar-refractivity contribution < 1.29 is 23.8 Å². The third-order valence-corrected chi connectivity index (χ3v) is 6.91. The molecule has 1 aliphatic heterocycles. The fraction of sp³-hybridized carbons (Fsp3) is 0.212. The average molecular weight is 539 g/mol. The Balaban J connectivity index is 1.50.